The van der Waals surface area contributed by atoms with Gasteiger partial charge in [0, 0.05) is 26.2 Å². The predicted molar refractivity (Wildman–Crippen MR) is 77.5 cm³/mol. The fourth-order valence-electron chi connectivity index (χ4n) is 3.56. The van der Waals surface area contributed by atoms with Crippen LogP contribution < -0.4 is 5.32 Å². The van der Waals surface area contributed by atoms with Gasteiger partial charge in [-0.25, -0.2) is 4.79 Å². The first kappa shape index (κ1) is 13.6. The first-order valence-electron chi connectivity index (χ1n) is 7.50. The van der Waals surface area contributed by atoms with E-state index in [-0.39, 0.29) is 5.97 Å². The van der Waals surface area contributed by atoms with Crippen molar-refractivity contribution in [2.24, 2.45) is 0 Å². The lowest BCUT2D eigenvalue weighted by atomic mass is 9.89. The van der Waals surface area contributed by atoms with Gasteiger partial charge in [0.2, 0.25) is 0 Å². The maximum Gasteiger partial charge on any atom is 0.331 e. The highest BCUT2D eigenvalue weighted by molar-refractivity contribution is 5.84. The molecule has 4 nitrogen and oxygen atoms in total. The van der Waals surface area contributed by atoms with E-state index in [1.807, 2.05) is 13.0 Å². The number of ether oxygens (including phenoxy) is 1. The molecular weight excluding hydrogens is 252 g/mol. The third-order valence-electron chi connectivity index (χ3n) is 4.49. The van der Waals surface area contributed by atoms with Crippen molar-refractivity contribution >= 4 is 5.97 Å². The normalized spacial score (nSPS) is 26.2. The number of esters is 1. The second kappa shape index (κ2) is 5.54. The van der Waals surface area contributed by atoms with Crippen LogP contribution in [0.25, 0.3) is 0 Å². The molecule has 0 radical (unpaired) electrons. The Bertz CT molecular complexity index is 497. The molecule has 0 spiro atoms. The number of piperazine rings is 1. The quantitative estimate of drug-likeness (QED) is 0.844. The van der Waals surface area contributed by atoms with Crippen molar-refractivity contribution in [2.75, 3.05) is 32.8 Å². The largest absolute Gasteiger partial charge is 0.464 e. The standard InChI is InChI=1S/C16H22N2O2/c1-2-20-15(19)16(18-11-9-17-10-12-18)8-7-13-5-3-4-6-14(13)16/h3-6,17H,2,7-12H2,1H3. The Balaban J connectivity index is 2.03. The Hall–Kier alpha value is -1.39. The van der Waals surface area contributed by atoms with E-state index in [9.17, 15) is 4.79 Å². The minimum atomic E-state index is -0.561. The number of benzene rings is 1. The third kappa shape index (κ3) is 2.03. The van der Waals surface area contributed by atoms with Crippen LogP contribution in [-0.4, -0.2) is 43.7 Å². The SMILES string of the molecule is CCOC(=O)C1(N2CCNCC2)CCc2ccccc21. The van der Waals surface area contributed by atoms with Gasteiger partial charge in [0.05, 0.1) is 6.61 Å². The van der Waals surface area contributed by atoms with Crippen molar-refractivity contribution in [3.63, 3.8) is 0 Å². The van der Waals surface area contributed by atoms with Gasteiger partial charge in [0.15, 0.2) is 0 Å². The molecule has 108 valence electrons. The van der Waals surface area contributed by atoms with Gasteiger partial charge >= 0.3 is 5.97 Å². The van der Waals surface area contributed by atoms with Crippen LogP contribution in [0.3, 0.4) is 0 Å². The highest BCUT2D eigenvalue weighted by Gasteiger charge is 2.51. The van der Waals surface area contributed by atoms with Gasteiger partial charge in [-0.2, -0.15) is 0 Å². The maximum absolute atomic E-state index is 12.7. The molecule has 1 aliphatic heterocycles. The summed E-state index contributed by atoms with van der Waals surface area (Å²) >= 11 is 0. The van der Waals surface area contributed by atoms with E-state index >= 15 is 0 Å². The first-order chi connectivity index (χ1) is 9.79. The summed E-state index contributed by atoms with van der Waals surface area (Å²) in [4.78, 5) is 15.1. The third-order valence-corrected chi connectivity index (χ3v) is 4.49. The van der Waals surface area contributed by atoms with Crippen molar-refractivity contribution in [3.05, 3.63) is 35.4 Å². The van der Waals surface area contributed by atoms with E-state index in [1.165, 1.54) is 5.56 Å². The zero-order valence-corrected chi connectivity index (χ0v) is 12.0. The average molecular weight is 274 g/mol. The fraction of sp³-hybridized carbons (Fsp3) is 0.562. The molecule has 1 fully saturated rings. The molecule has 0 bridgehead atoms. The molecule has 0 amide bonds. The Morgan fingerprint density at radius 3 is 2.85 bits per heavy atom. The molecule has 4 heteroatoms. The average Bonchev–Trinajstić information content (AvgIpc) is 2.89. The van der Waals surface area contributed by atoms with E-state index in [4.69, 9.17) is 4.74 Å². The molecule has 1 aromatic rings. The number of nitrogens with one attached hydrogen (secondary N) is 1. The van der Waals surface area contributed by atoms with Crippen LogP contribution in [0.4, 0.5) is 0 Å². The van der Waals surface area contributed by atoms with Crippen molar-refractivity contribution in [1.82, 2.24) is 10.2 Å². The number of rotatable bonds is 3. The smallest absolute Gasteiger partial charge is 0.331 e. The summed E-state index contributed by atoms with van der Waals surface area (Å²) in [5.74, 6) is -0.0770. The van der Waals surface area contributed by atoms with Crippen molar-refractivity contribution < 1.29 is 9.53 Å². The van der Waals surface area contributed by atoms with Crippen LogP contribution in [-0.2, 0) is 21.5 Å². The number of nitrogens with zero attached hydrogens (tertiary/aromatic N) is 1. The van der Waals surface area contributed by atoms with Crippen LogP contribution in [0, 0.1) is 0 Å². The van der Waals surface area contributed by atoms with Gasteiger partial charge in [-0.1, -0.05) is 24.3 Å². The number of hydrogen-bond acceptors (Lipinski definition) is 4. The highest BCUT2D eigenvalue weighted by atomic mass is 16.5. The zero-order valence-electron chi connectivity index (χ0n) is 12.0. The molecule has 1 N–H and O–H groups in total. The Morgan fingerprint density at radius 1 is 1.35 bits per heavy atom. The van der Waals surface area contributed by atoms with Crippen LogP contribution >= 0.6 is 0 Å². The molecule has 1 unspecified atom stereocenters. The van der Waals surface area contributed by atoms with Gasteiger partial charge in [-0.3, -0.25) is 4.90 Å². The minimum absolute atomic E-state index is 0.0770. The van der Waals surface area contributed by atoms with E-state index in [1.54, 1.807) is 0 Å². The molecule has 1 saturated heterocycles. The van der Waals surface area contributed by atoms with Gasteiger partial charge < -0.3 is 10.1 Å². The summed E-state index contributed by atoms with van der Waals surface area (Å²) < 4.78 is 5.44. The molecule has 20 heavy (non-hydrogen) atoms. The monoisotopic (exact) mass is 274 g/mol. The topological polar surface area (TPSA) is 41.6 Å². The van der Waals surface area contributed by atoms with E-state index in [2.05, 4.69) is 28.4 Å². The van der Waals surface area contributed by atoms with Crippen molar-refractivity contribution in [3.8, 4) is 0 Å². The van der Waals surface area contributed by atoms with E-state index in [0.717, 1.165) is 44.6 Å². The summed E-state index contributed by atoms with van der Waals surface area (Å²) in [7, 11) is 0. The number of carbonyl (C=O) groups is 1. The van der Waals surface area contributed by atoms with Crippen LogP contribution in [0.1, 0.15) is 24.5 Å². The van der Waals surface area contributed by atoms with Crippen molar-refractivity contribution in [1.29, 1.82) is 0 Å². The van der Waals surface area contributed by atoms with Gasteiger partial charge in [0.1, 0.15) is 5.54 Å². The summed E-state index contributed by atoms with van der Waals surface area (Å²) in [6, 6.07) is 8.32. The predicted octanol–water partition coefficient (Wildman–Crippen LogP) is 1.30. The van der Waals surface area contributed by atoms with Crippen LogP contribution in [0.2, 0.25) is 0 Å². The van der Waals surface area contributed by atoms with Gasteiger partial charge in [-0.05, 0) is 30.9 Å². The van der Waals surface area contributed by atoms with Crippen LogP contribution in [0.15, 0.2) is 24.3 Å². The summed E-state index contributed by atoms with van der Waals surface area (Å²) in [5, 5.41) is 3.36. The Labute approximate surface area is 120 Å². The molecule has 2 aliphatic rings. The lowest BCUT2D eigenvalue weighted by Gasteiger charge is -2.42. The molecule has 1 atom stereocenters. The molecule has 0 aromatic heterocycles. The molecule has 1 heterocycles. The maximum atomic E-state index is 12.7. The molecular formula is C16H22N2O2. The summed E-state index contributed by atoms with van der Waals surface area (Å²) in [5.41, 5.74) is 1.88. The van der Waals surface area contributed by atoms with E-state index in [0.29, 0.717) is 6.61 Å². The molecule has 1 aromatic carbocycles. The number of carbonyl (C=O) groups excluding carboxylic acids is 1. The molecule has 3 rings (SSSR count). The second-order valence-corrected chi connectivity index (χ2v) is 5.47. The zero-order chi connectivity index (χ0) is 14.0. The fourth-order valence-corrected chi connectivity index (χ4v) is 3.56. The first-order valence-corrected chi connectivity index (χ1v) is 7.50. The van der Waals surface area contributed by atoms with E-state index < -0.39 is 5.54 Å². The highest BCUT2D eigenvalue weighted by Crippen LogP contribution is 2.42. The van der Waals surface area contributed by atoms with Crippen LogP contribution in [0.5, 0.6) is 0 Å². The molecule has 1 aliphatic carbocycles. The molecule has 0 saturated carbocycles. The Kier molecular flexibility index (Phi) is 3.76. The Morgan fingerprint density at radius 2 is 2.10 bits per heavy atom. The minimum Gasteiger partial charge on any atom is -0.464 e. The number of aryl methyl sites for hydroxylation is 1. The van der Waals surface area contributed by atoms with Gasteiger partial charge in [-0.15, -0.1) is 0 Å². The van der Waals surface area contributed by atoms with Crippen molar-refractivity contribution in [2.45, 2.75) is 25.3 Å². The number of fused-ring (bicyclic) bond motifs is 1. The summed E-state index contributed by atoms with van der Waals surface area (Å²) in [6.45, 7) is 5.98. The second-order valence-electron chi connectivity index (χ2n) is 5.47. The lowest BCUT2D eigenvalue weighted by molar-refractivity contribution is -0.159. The van der Waals surface area contributed by atoms with Gasteiger partial charge in [0.25, 0.3) is 0 Å². The number of hydrogen-bond donors (Lipinski definition) is 1. The summed E-state index contributed by atoms with van der Waals surface area (Å²) in [6.07, 6.45) is 1.80. The lowest BCUT2D eigenvalue weighted by Crippen LogP contribution is -2.57.